The van der Waals surface area contributed by atoms with Crippen LogP contribution in [0.15, 0.2) is 48.5 Å². The van der Waals surface area contributed by atoms with E-state index in [4.69, 9.17) is 5.11 Å². The fourth-order valence-electron chi connectivity index (χ4n) is 2.01. The summed E-state index contributed by atoms with van der Waals surface area (Å²) in [7, 11) is 0. The molecule has 6 heteroatoms. The van der Waals surface area contributed by atoms with Crippen molar-refractivity contribution in [1.29, 1.82) is 0 Å². The van der Waals surface area contributed by atoms with Gasteiger partial charge in [-0.3, -0.25) is 9.59 Å². The van der Waals surface area contributed by atoms with Crippen LogP contribution < -0.4 is 4.74 Å². The van der Waals surface area contributed by atoms with Crippen molar-refractivity contribution < 1.29 is 28.2 Å². The number of carbonyl (C=O) groups excluding carboxylic acids is 2. The summed E-state index contributed by atoms with van der Waals surface area (Å²) in [4.78, 5) is 24.5. The van der Waals surface area contributed by atoms with E-state index in [1.165, 1.54) is 36.4 Å². The maximum absolute atomic E-state index is 12.3. The Labute approximate surface area is 143 Å². The minimum Gasteiger partial charge on any atom is -0.435 e. The lowest BCUT2D eigenvalue weighted by atomic mass is 10.00. The first-order valence-electron chi connectivity index (χ1n) is 7.35. The quantitative estimate of drug-likeness (QED) is 0.497. The lowest BCUT2D eigenvalue weighted by Gasteiger charge is -2.05. The molecule has 2 rings (SSSR count). The van der Waals surface area contributed by atoms with Crippen molar-refractivity contribution in [3.8, 4) is 17.6 Å². The number of hydrogen-bond donors (Lipinski definition) is 1. The first-order chi connectivity index (χ1) is 12.0. The third-order valence-corrected chi connectivity index (χ3v) is 3.14. The molecule has 2 aromatic rings. The highest BCUT2D eigenvalue weighted by Crippen LogP contribution is 2.16. The number of hydrogen-bond acceptors (Lipinski definition) is 4. The number of Topliss-reactive ketones (excluding diaryl/α,β-unsaturated/α-hetero) is 2. The molecule has 0 aliphatic heterocycles. The van der Waals surface area contributed by atoms with E-state index in [1.54, 1.807) is 12.1 Å². The lowest BCUT2D eigenvalue weighted by molar-refractivity contribution is -0.0498. The lowest BCUT2D eigenvalue weighted by Crippen LogP contribution is -2.14. The predicted octanol–water partition coefficient (Wildman–Crippen LogP) is 3.09. The van der Waals surface area contributed by atoms with E-state index >= 15 is 0 Å². The molecule has 4 nitrogen and oxygen atoms in total. The van der Waals surface area contributed by atoms with Gasteiger partial charge in [-0.15, -0.1) is 0 Å². The molecule has 0 heterocycles. The molecule has 0 spiro atoms. The van der Waals surface area contributed by atoms with Gasteiger partial charge in [-0.25, -0.2) is 0 Å². The van der Waals surface area contributed by atoms with Crippen molar-refractivity contribution >= 4 is 11.6 Å². The highest BCUT2D eigenvalue weighted by Gasteiger charge is 2.18. The molecule has 0 saturated carbocycles. The fourth-order valence-corrected chi connectivity index (χ4v) is 2.01. The zero-order valence-electron chi connectivity index (χ0n) is 13.0. The maximum Gasteiger partial charge on any atom is 0.387 e. The summed E-state index contributed by atoms with van der Waals surface area (Å²) in [6.07, 6.45) is 0.310. The molecular formula is C19H14F2O4. The summed E-state index contributed by atoms with van der Waals surface area (Å²) in [6.45, 7) is -3.02. The molecule has 128 valence electrons. The van der Waals surface area contributed by atoms with Gasteiger partial charge >= 0.3 is 6.61 Å². The SMILES string of the molecule is O=C(C(=O)c1cccc(C#CCCO)c1)c1ccc(OC(F)F)cc1. The first kappa shape index (κ1) is 18.3. The minimum atomic E-state index is -2.96. The van der Waals surface area contributed by atoms with Crippen molar-refractivity contribution in [2.75, 3.05) is 6.61 Å². The van der Waals surface area contributed by atoms with Crippen molar-refractivity contribution in [3.63, 3.8) is 0 Å². The predicted molar refractivity (Wildman–Crippen MR) is 86.8 cm³/mol. The summed E-state index contributed by atoms with van der Waals surface area (Å²) in [6, 6.07) is 11.2. The third-order valence-electron chi connectivity index (χ3n) is 3.14. The van der Waals surface area contributed by atoms with Gasteiger partial charge in [0.1, 0.15) is 5.75 Å². The Kier molecular flexibility index (Phi) is 6.38. The van der Waals surface area contributed by atoms with Crippen LogP contribution in [0.4, 0.5) is 8.78 Å². The molecule has 0 bridgehead atoms. The largest absolute Gasteiger partial charge is 0.435 e. The summed E-state index contributed by atoms with van der Waals surface area (Å²) < 4.78 is 28.4. The number of ether oxygens (including phenoxy) is 1. The van der Waals surface area contributed by atoms with Crippen LogP contribution >= 0.6 is 0 Å². The number of aliphatic hydroxyl groups is 1. The van der Waals surface area contributed by atoms with E-state index in [-0.39, 0.29) is 23.5 Å². The van der Waals surface area contributed by atoms with Crippen LogP contribution in [0.25, 0.3) is 0 Å². The van der Waals surface area contributed by atoms with Gasteiger partial charge in [-0.1, -0.05) is 24.0 Å². The van der Waals surface area contributed by atoms with Crippen LogP contribution in [-0.4, -0.2) is 29.9 Å². The number of halogens is 2. The second kappa shape index (κ2) is 8.71. The van der Waals surface area contributed by atoms with Crippen molar-refractivity contribution in [3.05, 3.63) is 65.2 Å². The minimum absolute atomic E-state index is 0.0601. The Morgan fingerprint density at radius 2 is 1.72 bits per heavy atom. The summed E-state index contributed by atoms with van der Waals surface area (Å²) >= 11 is 0. The summed E-state index contributed by atoms with van der Waals surface area (Å²) in [5, 5.41) is 8.70. The molecule has 0 amide bonds. The van der Waals surface area contributed by atoms with Gasteiger partial charge in [0.15, 0.2) is 0 Å². The van der Waals surface area contributed by atoms with Crippen molar-refractivity contribution in [1.82, 2.24) is 0 Å². The van der Waals surface area contributed by atoms with Gasteiger partial charge < -0.3 is 9.84 Å². The fraction of sp³-hybridized carbons (Fsp3) is 0.158. The van der Waals surface area contributed by atoms with E-state index < -0.39 is 18.2 Å². The average Bonchev–Trinajstić information content (AvgIpc) is 2.61. The number of carbonyl (C=O) groups is 2. The van der Waals surface area contributed by atoms with E-state index in [9.17, 15) is 18.4 Å². The monoisotopic (exact) mass is 344 g/mol. The van der Waals surface area contributed by atoms with Crippen molar-refractivity contribution in [2.24, 2.45) is 0 Å². The molecule has 25 heavy (non-hydrogen) atoms. The Balaban J connectivity index is 2.16. The van der Waals surface area contributed by atoms with E-state index in [0.29, 0.717) is 12.0 Å². The molecule has 0 aliphatic rings. The van der Waals surface area contributed by atoms with Gasteiger partial charge in [0.2, 0.25) is 11.6 Å². The second-order valence-corrected chi connectivity index (χ2v) is 4.92. The number of rotatable bonds is 6. The summed E-state index contributed by atoms with van der Waals surface area (Å²) in [5.41, 5.74) is 0.796. The second-order valence-electron chi connectivity index (χ2n) is 4.92. The smallest absolute Gasteiger partial charge is 0.387 e. The van der Waals surface area contributed by atoms with Gasteiger partial charge in [-0.05, 0) is 36.4 Å². The van der Waals surface area contributed by atoms with Crippen LogP contribution in [0.2, 0.25) is 0 Å². The third kappa shape index (κ3) is 5.23. The Hall–Kier alpha value is -3.04. The molecule has 2 aromatic carbocycles. The molecular weight excluding hydrogens is 330 g/mol. The zero-order valence-corrected chi connectivity index (χ0v) is 13.0. The molecule has 0 unspecified atom stereocenters. The highest BCUT2D eigenvalue weighted by atomic mass is 19.3. The van der Waals surface area contributed by atoms with E-state index in [2.05, 4.69) is 16.6 Å². The molecule has 0 fully saturated rings. The number of benzene rings is 2. The van der Waals surface area contributed by atoms with Crippen LogP contribution in [-0.2, 0) is 0 Å². The molecule has 0 radical (unpaired) electrons. The molecule has 1 N–H and O–H groups in total. The van der Waals surface area contributed by atoms with Crippen LogP contribution in [0.3, 0.4) is 0 Å². The standard InChI is InChI=1S/C19H14F2O4/c20-19(21)25-16-9-7-14(8-10-16)17(23)18(24)15-6-3-5-13(12-15)4-1-2-11-22/h3,5-10,12,19,22H,2,11H2. The van der Waals surface area contributed by atoms with Crippen LogP contribution in [0.1, 0.15) is 32.7 Å². The Morgan fingerprint density at radius 1 is 1.04 bits per heavy atom. The normalized spacial score (nSPS) is 10.1. The number of ketones is 2. The molecule has 0 aromatic heterocycles. The van der Waals surface area contributed by atoms with E-state index in [1.807, 2.05) is 0 Å². The van der Waals surface area contributed by atoms with Gasteiger partial charge in [0.05, 0.1) is 6.61 Å². The molecule has 0 aliphatic carbocycles. The Bertz CT molecular complexity index is 817. The van der Waals surface area contributed by atoms with Gasteiger partial charge in [0.25, 0.3) is 0 Å². The zero-order chi connectivity index (χ0) is 18.2. The molecule has 0 atom stereocenters. The van der Waals surface area contributed by atoms with Crippen molar-refractivity contribution in [2.45, 2.75) is 13.0 Å². The Morgan fingerprint density at radius 3 is 2.36 bits per heavy atom. The van der Waals surface area contributed by atoms with Crippen LogP contribution in [0, 0.1) is 11.8 Å². The van der Waals surface area contributed by atoms with E-state index in [0.717, 1.165) is 0 Å². The highest BCUT2D eigenvalue weighted by molar-refractivity contribution is 6.49. The van der Waals surface area contributed by atoms with Gasteiger partial charge in [0, 0.05) is 23.1 Å². The van der Waals surface area contributed by atoms with Crippen LogP contribution in [0.5, 0.6) is 5.75 Å². The number of alkyl halides is 2. The average molecular weight is 344 g/mol. The topological polar surface area (TPSA) is 63.6 Å². The first-order valence-corrected chi connectivity index (χ1v) is 7.35. The maximum atomic E-state index is 12.3. The summed E-state index contributed by atoms with van der Waals surface area (Å²) in [5.74, 6) is 3.93. The number of aliphatic hydroxyl groups excluding tert-OH is 1. The van der Waals surface area contributed by atoms with Gasteiger partial charge in [-0.2, -0.15) is 8.78 Å². The molecule has 0 saturated heterocycles.